The number of nitrogen functional groups attached to an aromatic ring is 1. The highest BCUT2D eigenvalue weighted by Gasteiger charge is 2.05. The first-order valence-electron chi connectivity index (χ1n) is 4.17. The summed E-state index contributed by atoms with van der Waals surface area (Å²) < 4.78 is 9.93. The highest BCUT2D eigenvalue weighted by atomic mass is 32.2. The number of rotatable bonds is 3. The van der Waals surface area contributed by atoms with E-state index in [0.29, 0.717) is 0 Å². The molecule has 0 fully saturated rings. The highest BCUT2D eigenvalue weighted by molar-refractivity contribution is 8.01. The molecular weight excluding hydrogens is 230 g/mol. The van der Waals surface area contributed by atoms with E-state index in [4.69, 9.17) is 10.5 Å². The third-order valence-electron chi connectivity index (χ3n) is 1.76. The van der Waals surface area contributed by atoms with Crippen LogP contribution in [0.2, 0.25) is 0 Å². The summed E-state index contributed by atoms with van der Waals surface area (Å²) in [5.41, 5.74) is 6.56. The van der Waals surface area contributed by atoms with Crippen LogP contribution >= 0.6 is 23.3 Å². The first kappa shape index (κ1) is 10.3. The van der Waals surface area contributed by atoms with Gasteiger partial charge in [0, 0.05) is 10.6 Å². The minimum Gasteiger partial charge on any atom is -0.497 e. The summed E-state index contributed by atoms with van der Waals surface area (Å²) in [5.74, 6) is 0.788. The van der Waals surface area contributed by atoms with Crippen LogP contribution in [0.25, 0.3) is 0 Å². The summed E-state index contributed by atoms with van der Waals surface area (Å²) in [6, 6.07) is 5.54. The van der Waals surface area contributed by atoms with E-state index < -0.39 is 0 Å². The maximum Gasteiger partial charge on any atom is 0.174 e. The van der Waals surface area contributed by atoms with Crippen molar-refractivity contribution >= 4 is 29.0 Å². The first-order valence-corrected chi connectivity index (χ1v) is 5.76. The molecule has 0 saturated heterocycles. The Balaban J connectivity index is 2.27. The van der Waals surface area contributed by atoms with Gasteiger partial charge in [0.25, 0.3) is 0 Å². The topological polar surface area (TPSA) is 61.0 Å². The summed E-state index contributed by atoms with van der Waals surface area (Å²) in [5, 5.41) is 0. The second-order valence-corrected chi connectivity index (χ2v) is 4.78. The summed E-state index contributed by atoms with van der Waals surface area (Å²) in [6.45, 7) is 0. The second kappa shape index (κ2) is 4.50. The lowest BCUT2D eigenvalue weighted by Gasteiger charge is -2.05. The molecule has 0 aliphatic heterocycles. The molecule has 0 unspecified atom stereocenters. The normalized spacial score (nSPS) is 10.2. The smallest absolute Gasteiger partial charge is 0.174 e. The van der Waals surface area contributed by atoms with Crippen molar-refractivity contribution in [3.8, 4) is 5.75 Å². The van der Waals surface area contributed by atoms with E-state index in [0.717, 1.165) is 20.7 Å². The van der Waals surface area contributed by atoms with E-state index in [1.807, 2.05) is 18.2 Å². The van der Waals surface area contributed by atoms with Crippen LogP contribution in [-0.4, -0.2) is 16.5 Å². The number of methoxy groups -OCH3 is 1. The molecule has 1 aromatic heterocycles. The van der Waals surface area contributed by atoms with Crippen molar-refractivity contribution in [3.63, 3.8) is 0 Å². The van der Waals surface area contributed by atoms with E-state index >= 15 is 0 Å². The maximum absolute atomic E-state index is 5.84. The molecule has 0 aliphatic carbocycles. The predicted octanol–water partition coefficient (Wildman–Crippen LogP) is 2.28. The van der Waals surface area contributed by atoms with Gasteiger partial charge in [0.1, 0.15) is 12.1 Å². The van der Waals surface area contributed by atoms with Crippen molar-refractivity contribution in [1.82, 2.24) is 9.36 Å². The average Bonchev–Trinajstić information content (AvgIpc) is 2.74. The lowest BCUT2D eigenvalue weighted by Crippen LogP contribution is -1.90. The number of aromatic nitrogens is 2. The zero-order chi connectivity index (χ0) is 10.7. The Morgan fingerprint density at radius 2 is 2.33 bits per heavy atom. The Labute approximate surface area is 95.7 Å². The predicted molar refractivity (Wildman–Crippen MR) is 61.4 cm³/mol. The molecule has 1 aromatic carbocycles. The number of benzene rings is 1. The zero-order valence-corrected chi connectivity index (χ0v) is 9.64. The lowest BCUT2D eigenvalue weighted by atomic mass is 10.3. The first-order chi connectivity index (χ1) is 7.29. The molecule has 78 valence electrons. The van der Waals surface area contributed by atoms with Crippen LogP contribution in [-0.2, 0) is 0 Å². The fourth-order valence-corrected chi connectivity index (χ4v) is 2.51. The van der Waals surface area contributed by atoms with Crippen LogP contribution in [0.5, 0.6) is 5.75 Å². The summed E-state index contributed by atoms with van der Waals surface area (Å²) in [6.07, 6.45) is 1.53. The number of hydrogen-bond acceptors (Lipinski definition) is 6. The van der Waals surface area contributed by atoms with E-state index in [2.05, 4.69) is 9.36 Å². The molecule has 0 bridgehead atoms. The number of nitrogens with zero attached hydrogens (tertiary/aromatic N) is 2. The summed E-state index contributed by atoms with van der Waals surface area (Å²) in [4.78, 5) is 5.02. The second-order valence-electron chi connectivity index (χ2n) is 2.71. The van der Waals surface area contributed by atoms with Gasteiger partial charge in [0.05, 0.1) is 7.11 Å². The molecule has 2 aromatic rings. The van der Waals surface area contributed by atoms with Gasteiger partial charge in [-0.25, -0.2) is 4.98 Å². The molecular formula is C9H9N3OS2. The lowest BCUT2D eigenvalue weighted by molar-refractivity contribution is 0.414. The molecule has 0 amide bonds. The van der Waals surface area contributed by atoms with Crippen LogP contribution in [0.15, 0.2) is 33.8 Å². The maximum atomic E-state index is 5.84. The van der Waals surface area contributed by atoms with Crippen LogP contribution in [0.3, 0.4) is 0 Å². The van der Waals surface area contributed by atoms with Crippen molar-refractivity contribution in [3.05, 3.63) is 24.5 Å². The molecule has 15 heavy (non-hydrogen) atoms. The van der Waals surface area contributed by atoms with Gasteiger partial charge in [-0.1, -0.05) is 11.8 Å². The Kier molecular flexibility index (Phi) is 3.08. The van der Waals surface area contributed by atoms with Gasteiger partial charge < -0.3 is 10.5 Å². The summed E-state index contributed by atoms with van der Waals surface area (Å²) >= 11 is 2.84. The number of anilines is 1. The quantitative estimate of drug-likeness (QED) is 0.833. The van der Waals surface area contributed by atoms with Gasteiger partial charge in [-0.15, -0.1) is 0 Å². The van der Waals surface area contributed by atoms with Gasteiger partial charge in [-0.3, -0.25) is 0 Å². The minimum absolute atomic E-state index is 0.719. The molecule has 6 heteroatoms. The van der Waals surface area contributed by atoms with Gasteiger partial charge in [0.2, 0.25) is 0 Å². The monoisotopic (exact) mass is 239 g/mol. The Bertz CT molecular complexity index is 445. The van der Waals surface area contributed by atoms with E-state index in [9.17, 15) is 0 Å². The van der Waals surface area contributed by atoms with Crippen LogP contribution in [0, 0.1) is 0 Å². The van der Waals surface area contributed by atoms with Crippen LogP contribution in [0.1, 0.15) is 0 Å². The zero-order valence-electron chi connectivity index (χ0n) is 8.01. The van der Waals surface area contributed by atoms with Gasteiger partial charge in [-0.2, -0.15) is 4.37 Å². The molecule has 0 spiro atoms. The van der Waals surface area contributed by atoms with Crippen molar-refractivity contribution in [1.29, 1.82) is 0 Å². The summed E-state index contributed by atoms with van der Waals surface area (Å²) in [7, 11) is 1.63. The van der Waals surface area contributed by atoms with Crippen LogP contribution in [0.4, 0.5) is 5.69 Å². The standard InChI is InChI=1S/C9H9N3OS2/c1-13-6-2-3-7(10)8(4-6)14-9-11-5-12-15-9/h2-5H,10H2,1H3. The van der Waals surface area contributed by atoms with Crippen molar-refractivity contribution in [2.45, 2.75) is 9.24 Å². The minimum atomic E-state index is 0.719. The van der Waals surface area contributed by atoms with Crippen molar-refractivity contribution in [2.75, 3.05) is 12.8 Å². The molecule has 0 atom stereocenters. The molecule has 0 radical (unpaired) electrons. The molecule has 1 heterocycles. The van der Waals surface area contributed by atoms with E-state index in [1.54, 1.807) is 7.11 Å². The number of nitrogens with two attached hydrogens (primary N) is 1. The molecule has 2 rings (SSSR count). The highest BCUT2D eigenvalue weighted by Crippen LogP contribution is 2.34. The molecule has 2 N–H and O–H groups in total. The largest absolute Gasteiger partial charge is 0.497 e. The third-order valence-corrected chi connectivity index (χ3v) is 3.55. The van der Waals surface area contributed by atoms with Gasteiger partial charge >= 0.3 is 0 Å². The molecule has 0 saturated carbocycles. The van der Waals surface area contributed by atoms with E-state index in [-0.39, 0.29) is 0 Å². The Morgan fingerprint density at radius 1 is 1.47 bits per heavy atom. The van der Waals surface area contributed by atoms with Gasteiger partial charge in [0.15, 0.2) is 4.34 Å². The average molecular weight is 239 g/mol. The van der Waals surface area contributed by atoms with Crippen molar-refractivity contribution < 1.29 is 4.74 Å². The Morgan fingerprint density at radius 3 is 3.00 bits per heavy atom. The third kappa shape index (κ3) is 2.40. The Hall–Kier alpha value is -1.27. The van der Waals surface area contributed by atoms with Crippen molar-refractivity contribution in [2.24, 2.45) is 0 Å². The fraction of sp³-hybridized carbons (Fsp3) is 0.111. The number of ether oxygens (including phenoxy) is 1. The SMILES string of the molecule is COc1ccc(N)c(Sc2ncns2)c1. The van der Waals surface area contributed by atoms with E-state index in [1.165, 1.54) is 29.6 Å². The van der Waals surface area contributed by atoms with Gasteiger partial charge in [-0.05, 0) is 29.7 Å². The molecule has 0 aliphatic rings. The number of hydrogen-bond donors (Lipinski definition) is 1. The molecule has 4 nitrogen and oxygen atoms in total. The van der Waals surface area contributed by atoms with Crippen LogP contribution < -0.4 is 10.5 Å². The fourth-order valence-electron chi connectivity index (χ4n) is 1.03.